The van der Waals surface area contributed by atoms with Gasteiger partial charge < -0.3 is 4.74 Å². The van der Waals surface area contributed by atoms with Gasteiger partial charge in [0.05, 0.1) is 6.54 Å². The predicted octanol–water partition coefficient (Wildman–Crippen LogP) is 0.442. The molecule has 0 N–H and O–H groups in total. The van der Waals surface area contributed by atoms with Crippen LogP contribution in [-0.4, -0.2) is 25.2 Å². The average Bonchev–Trinajstić information content (AvgIpc) is 1.99. The summed E-state index contributed by atoms with van der Waals surface area (Å²) in [6.07, 6.45) is 4.21. The van der Waals surface area contributed by atoms with Gasteiger partial charge in [0.15, 0.2) is 0 Å². The summed E-state index contributed by atoms with van der Waals surface area (Å²) in [4.78, 5) is 23.3. The standard InChI is InChI=1S/C7H9NO3/c1-2-3-7(10)11-5-4-8-6-9/h2-3H,4-5H2,1H3. The molecule has 0 aromatic carbocycles. The van der Waals surface area contributed by atoms with Gasteiger partial charge in [0.1, 0.15) is 6.61 Å². The summed E-state index contributed by atoms with van der Waals surface area (Å²) in [5.74, 6) is -0.423. The quantitative estimate of drug-likeness (QED) is 0.194. The largest absolute Gasteiger partial charge is 0.461 e. The second-order valence-electron chi connectivity index (χ2n) is 1.64. The number of allylic oxidation sites excluding steroid dienone is 1. The molecule has 0 amide bonds. The molecule has 0 aliphatic heterocycles. The number of rotatable bonds is 4. The Bertz CT molecular complexity index is 192. The number of aliphatic imine (C=N–C) groups is 1. The number of carbonyl (C=O) groups excluding carboxylic acids is 2. The van der Waals surface area contributed by atoms with Gasteiger partial charge in [-0.2, -0.15) is 0 Å². The highest BCUT2D eigenvalue weighted by Gasteiger charge is 1.92. The van der Waals surface area contributed by atoms with Gasteiger partial charge >= 0.3 is 5.97 Å². The van der Waals surface area contributed by atoms with Crippen molar-refractivity contribution in [2.24, 2.45) is 4.99 Å². The number of isocyanates is 1. The molecule has 0 saturated carbocycles. The molecule has 11 heavy (non-hydrogen) atoms. The van der Waals surface area contributed by atoms with Crippen molar-refractivity contribution in [3.63, 3.8) is 0 Å². The first-order valence-corrected chi connectivity index (χ1v) is 3.14. The van der Waals surface area contributed by atoms with Crippen LogP contribution < -0.4 is 0 Å². The van der Waals surface area contributed by atoms with Gasteiger partial charge in [0.2, 0.25) is 6.08 Å². The van der Waals surface area contributed by atoms with Gasteiger partial charge in [-0.15, -0.1) is 0 Å². The van der Waals surface area contributed by atoms with Gasteiger partial charge in [-0.3, -0.25) is 0 Å². The fourth-order valence-corrected chi connectivity index (χ4v) is 0.422. The second kappa shape index (κ2) is 6.71. The van der Waals surface area contributed by atoms with E-state index in [2.05, 4.69) is 9.73 Å². The number of esters is 1. The van der Waals surface area contributed by atoms with Crippen LogP contribution in [0.2, 0.25) is 0 Å². The Morgan fingerprint density at radius 2 is 2.45 bits per heavy atom. The monoisotopic (exact) mass is 155 g/mol. The zero-order chi connectivity index (χ0) is 8.53. The Hall–Kier alpha value is -1.41. The summed E-state index contributed by atoms with van der Waals surface area (Å²) >= 11 is 0. The highest BCUT2D eigenvalue weighted by molar-refractivity contribution is 5.81. The first-order chi connectivity index (χ1) is 5.31. The summed E-state index contributed by atoms with van der Waals surface area (Å²) in [6, 6.07) is 0. The van der Waals surface area contributed by atoms with Crippen LogP contribution in [0, 0.1) is 0 Å². The van der Waals surface area contributed by atoms with E-state index in [4.69, 9.17) is 0 Å². The van der Waals surface area contributed by atoms with E-state index in [9.17, 15) is 9.59 Å². The van der Waals surface area contributed by atoms with E-state index in [0.29, 0.717) is 0 Å². The van der Waals surface area contributed by atoms with Crippen LogP contribution >= 0.6 is 0 Å². The van der Waals surface area contributed by atoms with Gasteiger partial charge in [-0.05, 0) is 6.92 Å². The van der Waals surface area contributed by atoms with Crippen LogP contribution in [0.1, 0.15) is 6.92 Å². The molecule has 0 rings (SSSR count). The maximum absolute atomic E-state index is 10.6. The fraction of sp³-hybridized carbons (Fsp3) is 0.429. The second-order valence-corrected chi connectivity index (χ2v) is 1.64. The first-order valence-electron chi connectivity index (χ1n) is 3.14. The minimum Gasteiger partial charge on any atom is -0.461 e. The Morgan fingerprint density at radius 3 is 3.00 bits per heavy atom. The zero-order valence-electron chi connectivity index (χ0n) is 6.24. The predicted molar refractivity (Wildman–Crippen MR) is 38.8 cm³/mol. The summed E-state index contributed by atoms with van der Waals surface area (Å²) in [5, 5.41) is 0. The normalized spacial score (nSPS) is 9.18. The molecule has 0 atom stereocenters. The number of hydrogen-bond acceptors (Lipinski definition) is 4. The van der Waals surface area contributed by atoms with Crippen molar-refractivity contribution in [1.82, 2.24) is 0 Å². The maximum atomic E-state index is 10.6. The van der Waals surface area contributed by atoms with Crippen LogP contribution in [0.25, 0.3) is 0 Å². The van der Waals surface area contributed by atoms with Crippen LogP contribution in [0.15, 0.2) is 17.1 Å². The SMILES string of the molecule is CC=CC(=O)OCCN=C=O. The van der Waals surface area contributed by atoms with Crippen molar-refractivity contribution in [2.45, 2.75) is 6.92 Å². The smallest absolute Gasteiger partial charge is 0.330 e. The van der Waals surface area contributed by atoms with Crippen molar-refractivity contribution < 1.29 is 14.3 Å². The van der Waals surface area contributed by atoms with E-state index in [-0.39, 0.29) is 13.2 Å². The minimum absolute atomic E-state index is 0.123. The van der Waals surface area contributed by atoms with E-state index >= 15 is 0 Å². The summed E-state index contributed by atoms with van der Waals surface area (Å²) in [5.41, 5.74) is 0. The molecular weight excluding hydrogens is 146 g/mol. The van der Waals surface area contributed by atoms with Crippen LogP contribution in [0.3, 0.4) is 0 Å². The van der Waals surface area contributed by atoms with Crippen molar-refractivity contribution >= 4 is 12.0 Å². The van der Waals surface area contributed by atoms with Gasteiger partial charge in [-0.1, -0.05) is 6.08 Å². The third-order valence-electron chi connectivity index (χ3n) is 0.815. The molecule has 4 nitrogen and oxygen atoms in total. The van der Waals surface area contributed by atoms with Crippen LogP contribution in [0.4, 0.5) is 0 Å². The topological polar surface area (TPSA) is 55.7 Å². The highest BCUT2D eigenvalue weighted by Crippen LogP contribution is 1.81. The summed E-state index contributed by atoms with van der Waals surface area (Å²) < 4.78 is 4.59. The van der Waals surface area contributed by atoms with Crippen molar-refractivity contribution in [1.29, 1.82) is 0 Å². The van der Waals surface area contributed by atoms with Crippen LogP contribution in [-0.2, 0) is 14.3 Å². The molecular formula is C7H9NO3. The maximum Gasteiger partial charge on any atom is 0.330 e. The molecule has 0 radical (unpaired) electrons. The molecule has 60 valence electrons. The highest BCUT2D eigenvalue weighted by atomic mass is 16.5. The molecule has 0 bridgehead atoms. The lowest BCUT2D eigenvalue weighted by Crippen LogP contribution is -2.04. The molecule has 0 heterocycles. The van der Waals surface area contributed by atoms with Gasteiger partial charge in [0, 0.05) is 6.08 Å². The molecule has 0 aliphatic carbocycles. The van der Waals surface area contributed by atoms with E-state index in [1.165, 1.54) is 12.2 Å². The molecule has 0 saturated heterocycles. The van der Waals surface area contributed by atoms with E-state index in [1.54, 1.807) is 13.0 Å². The lowest BCUT2D eigenvalue weighted by atomic mass is 10.5. The molecule has 0 aromatic rings. The number of hydrogen-bond donors (Lipinski definition) is 0. The Labute approximate surface area is 64.6 Å². The van der Waals surface area contributed by atoms with E-state index in [0.717, 1.165) is 0 Å². The number of carbonyl (C=O) groups is 1. The Morgan fingerprint density at radius 1 is 1.73 bits per heavy atom. The first kappa shape index (κ1) is 9.59. The Balaban J connectivity index is 3.38. The third kappa shape index (κ3) is 6.48. The molecule has 0 fully saturated rings. The summed E-state index contributed by atoms with van der Waals surface area (Å²) in [7, 11) is 0. The van der Waals surface area contributed by atoms with Gasteiger partial charge in [0.25, 0.3) is 0 Å². The lowest BCUT2D eigenvalue weighted by Gasteiger charge is -1.95. The number of ether oxygens (including phenoxy) is 1. The molecule has 0 aromatic heterocycles. The van der Waals surface area contributed by atoms with E-state index < -0.39 is 5.97 Å². The lowest BCUT2D eigenvalue weighted by molar-refractivity contribution is -0.137. The fourth-order valence-electron chi connectivity index (χ4n) is 0.422. The Kier molecular flexibility index (Phi) is 5.85. The van der Waals surface area contributed by atoms with E-state index in [1.807, 2.05) is 0 Å². The van der Waals surface area contributed by atoms with Crippen molar-refractivity contribution in [2.75, 3.05) is 13.2 Å². The van der Waals surface area contributed by atoms with Crippen LogP contribution in [0.5, 0.6) is 0 Å². The molecule has 0 aliphatic rings. The molecule has 4 heteroatoms. The minimum atomic E-state index is -0.423. The average molecular weight is 155 g/mol. The summed E-state index contributed by atoms with van der Waals surface area (Å²) in [6.45, 7) is 2.01. The van der Waals surface area contributed by atoms with Gasteiger partial charge in [-0.25, -0.2) is 14.6 Å². The third-order valence-corrected chi connectivity index (χ3v) is 0.815. The number of nitrogens with zero attached hydrogens (tertiary/aromatic N) is 1. The zero-order valence-corrected chi connectivity index (χ0v) is 6.24. The van der Waals surface area contributed by atoms with Crippen molar-refractivity contribution in [3.8, 4) is 0 Å². The molecule has 0 unspecified atom stereocenters. The molecule has 0 spiro atoms. The van der Waals surface area contributed by atoms with Crippen molar-refractivity contribution in [3.05, 3.63) is 12.2 Å².